The van der Waals surface area contributed by atoms with E-state index >= 15 is 4.39 Å². The molecule has 0 bridgehead atoms. The van der Waals surface area contributed by atoms with Gasteiger partial charge in [0, 0.05) is 0 Å². The van der Waals surface area contributed by atoms with Crippen molar-refractivity contribution in [3.63, 3.8) is 0 Å². The van der Waals surface area contributed by atoms with Crippen molar-refractivity contribution >= 4 is 0 Å². The molecule has 2 fully saturated rings. The van der Waals surface area contributed by atoms with Gasteiger partial charge in [-0.05, 0) is 56.3 Å². The van der Waals surface area contributed by atoms with Crippen molar-refractivity contribution in [2.75, 3.05) is 0 Å². The number of halogens is 1. The van der Waals surface area contributed by atoms with Gasteiger partial charge in [-0.3, -0.25) is 0 Å². The highest BCUT2D eigenvalue weighted by Crippen LogP contribution is 2.47. The van der Waals surface area contributed by atoms with Crippen LogP contribution in [0, 0.1) is 17.8 Å². The Kier molecular flexibility index (Phi) is 6.36. The molecule has 2 aliphatic rings. The van der Waals surface area contributed by atoms with E-state index < -0.39 is 5.67 Å². The molecule has 0 aliphatic heterocycles. The van der Waals surface area contributed by atoms with E-state index in [0.717, 1.165) is 37.5 Å². The normalized spacial score (nSPS) is 38.9. The van der Waals surface area contributed by atoms with Crippen molar-refractivity contribution in [1.29, 1.82) is 0 Å². The van der Waals surface area contributed by atoms with Crippen LogP contribution in [-0.4, -0.2) is 5.67 Å². The van der Waals surface area contributed by atoms with Gasteiger partial charge in [0.2, 0.25) is 0 Å². The largest absolute Gasteiger partial charge is 0.244 e. The van der Waals surface area contributed by atoms with Gasteiger partial charge >= 0.3 is 0 Å². The van der Waals surface area contributed by atoms with Crippen molar-refractivity contribution in [2.24, 2.45) is 17.8 Å². The van der Waals surface area contributed by atoms with E-state index in [1.54, 1.807) is 0 Å². The SMILES string of the molecule is CCCCC1CCC(F)(C2CCC(CCC)CC2)CC1. The number of rotatable bonds is 6. The van der Waals surface area contributed by atoms with Crippen LogP contribution < -0.4 is 0 Å². The summed E-state index contributed by atoms with van der Waals surface area (Å²) in [4.78, 5) is 0. The fraction of sp³-hybridized carbons (Fsp3) is 1.00. The lowest BCUT2D eigenvalue weighted by Crippen LogP contribution is -2.39. The smallest absolute Gasteiger partial charge is 0.113 e. The summed E-state index contributed by atoms with van der Waals surface area (Å²) in [5.41, 5.74) is -0.792. The van der Waals surface area contributed by atoms with E-state index in [1.165, 1.54) is 57.8 Å². The monoisotopic (exact) mass is 282 g/mol. The molecule has 0 N–H and O–H groups in total. The Bertz CT molecular complexity index is 257. The maximum absolute atomic E-state index is 15.3. The molecule has 118 valence electrons. The summed E-state index contributed by atoms with van der Waals surface area (Å²) in [5.74, 6) is 2.12. The first-order valence-corrected chi connectivity index (χ1v) is 9.36. The summed E-state index contributed by atoms with van der Waals surface area (Å²) < 4.78 is 15.3. The van der Waals surface area contributed by atoms with Crippen LogP contribution in [0.4, 0.5) is 4.39 Å². The van der Waals surface area contributed by atoms with Crippen LogP contribution >= 0.6 is 0 Å². The summed E-state index contributed by atoms with van der Waals surface area (Å²) >= 11 is 0. The van der Waals surface area contributed by atoms with Gasteiger partial charge in [0.05, 0.1) is 0 Å². The second kappa shape index (κ2) is 7.80. The van der Waals surface area contributed by atoms with Crippen LogP contribution in [0.2, 0.25) is 0 Å². The topological polar surface area (TPSA) is 0 Å². The van der Waals surface area contributed by atoms with Gasteiger partial charge in [0.25, 0.3) is 0 Å². The van der Waals surface area contributed by atoms with E-state index in [4.69, 9.17) is 0 Å². The van der Waals surface area contributed by atoms with Gasteiger partial charge in [-0.15, -0.1) is 0 Å². The molecule has 2 rings (SSSR count). The third-order valence-corrected chi connectivity index (χ3v) is 6.18. The standard InChI is InChI=1S/C19H35F/c1-3-5-7-17-12-14-19(20,15-13-17)18-10-8-16(6-4-2)9-11-18/h16-18H,3-15H2,1-2H3. The minimum absolute atomic E-state index is 0.391. The Balaban J connectivity index is 1.76. The Labute approximate surface area is 125 Å². The van der Waals surface area contributed by atoms with Crippen LogP contribution in [0.25, 0.3) is 0 Å². The average Bonchev–Trinajstić information content (AvgIpc) is 2.48. The maximum Gasteiger partial charge on any atom is 0.113 e. The predicted octanol–water partition coefficient (Wildman–Crippen LogP) is 6.68. The number of alkyl halides is 1. The number of unbranched alkanes of at least 4 members (excludes halogenated alkanes) is 1. The van der Waals surface area contributed by atoms with Gasteiger partial charge in [-0.2, -0.15) is 0 Å². The van der Waals surface area contributed by atoms with E-state index in [1.807, 2.05) is 0 Å². The highest BCUT2D eigenvalue weighted by Gasteiger charge is 2.43. The quantitative estimate of drug-likeness (QED) is 0.509. The van der Waals surface area contributed by atoms with Crippen molar-refractivity contribution in [3.8, 4) is 0 Å². The first-order chi connectivity index (χ1) is 9.68. The molecule has 2 saturated carbocycles. The van der Waals surface area contributed by atoms with Crippen LogP contribution in [0.5, 0.6) is 0 Å². The molecular formula is C19H35F. The first-order valence-electron chi connectivity index (χ1n) is 9.36. The molecule has 20 heavy (non-hydrogen) atoms. The summed E-state index contributed by atoms with van der Waals surface area (Å²) in [6.07, 6.45) is 15.6. The minimum atomic E-state index is -0.792. The molecule has 2 aliphatic carbocycles. The predicted molar refractivity (Wildman–Crippen MR) is 85.7 cm³/mol. The second-order valence-electron chi connectivity index (χ2n) is 7.63. The highest BCUT2D eigenvalue weighted by molar-refractivity contribution is 4.93. The molecule has 0 aromatic heterocycles. The molecule has 0 saturated heterocycles. The average molecular weight is 282 g/mol. The fourth-order valence-corrected chi connectivity index (χ4v) is 4.72. The summed E-state index contributed by atoms with van der Waals surface area (Å²) in [6, 6.07) is 0. The second-order valence-corrected chi connectivity index (χ2v) is 7.63. The number of hydrogen-bond donors (Lipinski definition) is 0. The zero-order valence-corrected chi connectivity index (χ0v) is 13.8. The van der Waals surface area contributed by atoms with E-state index in [9.17, 15) is 0 Å². The molecule has 0 amide bonds. The van der Waals surface area contributed by atoms with Crippen molar-refractivity contribution in [2.45, 2.75) is 103 Å². The van der Waals surface area contributed by atoms with Crippen molar-refractivity contribution in [1.82, 2.24) is 0 Å². The molecule has 0 aromatic carbocycles. The number of hydrogen-bond acceptors (Lipinski definition) is 0. The highest BCUT2D eigenvalue weighted by atomic mass is 19.1. The molecule has 0 heterocycles. The molecule has 0 radical (unpaired) electrons. The zero-order valence-electron chi connectivity index (χ0n) is 13.8. The minimum Gasteiger partial charge on any atom is -0.244 e. The van der Waals surface area contributed by atoms with Crippen LogP contribution in [0.3, 0.4) is 0 Å². The molecule has 0 unspecified atom stereocenters. The molecule has 1 heteroatoms. The van der Waals surface area contributed by atoms with Crippen molar-refractivity contribution in [3.05, 3.63) is 0 Å². The van der Waals surface area contributed by atoms with E-state index in [-0.39, 0.29) is 0 Å². The Morgan fingerprint density at radius 2 is 1.40 bits per heavy atom. The lowest BCUT2D eigenvalue weighted by molar-refractivity contribution is -0.00284. The van der Waals surface area contributed by atoms with Crippen LogP contribution in [-0.2, 0) is 0 Å². The van der Waals surface area contributed by atoms with Gasteiger partial charge in [0.1, 0.15) is 5.67 Å². The van der Waals surface area contributed by atoms with E-state index in [2.05, 4.69) is 13.8 Å². The third-order valence-electron chi connectivity index (χ3n) is 6.18. The van der Waals surface area contributed by atoms with Crippen LogP contribution in [0.1, 0.15) is 97.3 Å². The van der Waals surface area contributed by atoms with Gasteiger partial charge in [0.15, 0.2) is 0 Å². The zero-order chi connectivity index (χ0) is 14.4. The van der Waals surface area contributed by atoms with Gasteiger partial charge < -0.3 is 0 Å². The third kappa shape index (κ3) is 4.21. The molecular weight excluding hydrogens is 247 g/mol. The Morgan fingerprint density at radius 3 is 1.95 bits per heavy atom. The Morgan fingerprint density at radius 1 is 0.800 bits per heavy atom. The molecule has 0 aromatic rings. The van der Waals surface area contributed by atoms with Crippen molar-refractivity contribution < 1.29 is 4.39 Å². The van der Waals surface area contributed by atoms with Gasteiger partial charge in [-0.1, -0.05) is 58.8 Å². The van der Waals surface area contributed by atoms with Gasteiger partial charge in [-0.25, -0.2) is 4.39 Å². The fourth-order valence-electron chi connectivity index (χ4n) is 4.72. The first kappa shape index (κ1) is 16.3. The molecule has 0 spiro atoms. The lowest BCUT2D eigenvalue weighted by atomic mass is 9.66. The lowest BCUT2D eigenvalue weighted by Gasteiger charge is -2.42. The van der Waals surface area contributed by atoms with E-state index in [0.29, 0.717) is 5.92 Å². The molecule has 0 atom stereocenters. The summed E-state index contributed by atoms with van der Waals surface area (Å²) in [5, 5.41) is 0. The molecule has 0 nitrogen and oxygen atoms in total. The summed E-state index contributed by atoms with van der Waals surface area (Å²) in [6.45, 7) is 4.54. The summed E-state index contributed by atoms with van der Waals surface area (Å²) in [7, 11) is 0. The maximum atomic E-state index is 15.3. The van der Waals surface area contributed by atoms with Crippen LogP contribution in [0.15, 0.2) is 0 Å². The Hall–Kier alpha value is -0.0700.